The first-order valence-corrected chi connectivity index (χ1v) is 7.06. The fourth-order valence-corrected chi connectivity index (χ4v) is 1.90. The van der Waals surface area contributed by atoms with Crippen LogP contribution in [0.15, 0.2) is 48.5 Å². The highest BCUT2D eigenvalue weighted by molar-refractivity contribution is 6.30. The van der Waals surface area contributed by atoms with Gasteiger partial charge in [0.1, 0.15) is 18.5 Å². The zero-order valence-corrected chi connectivity index (χ0v) is 12.5. The number of aliphatic hydroxyl groups is 1. The Kier molecular flexibility index (Phi) is 5.63. The number of rotatable bonds is 7. The van der Waals surface area contributed by atoms with Crippen molar-refractivity contribution in [3.05, 3.63) is 59.1 Å². The van der Waals surface area contributed by atoms with Gasteiger partial charge >= 0.3 is 5.97 Å². The molecule has 2 aromatic carbocycles. The Hall–Kier alpha value is -2.24. The van der Waals surface area contributed by atoms with Gasteiger partial charge in [0.05, 0.1) is 5.56 Å². The highest BCUT2D eigenvalue weighted by atomic mass is 35.5. The second-order valence-electron chi connectivity index (χ2n) is 4.69. The van der Waals surface area contributed by atoms with Crippen molar-refractivity contribution in [2.75, 3.05) is 18.5 Å². The Bertz CT molecular complexity index is 630. The summed E-state index contributed by atoms with van der Waals surface area (Å²) < 4.78 is 5.39. The van der Waals surface area contributed by atoms with Crippen molar-refractivity contribution in [1.29, 1.82) is 0 Å². The van der Waals surface area contributed by atoms with Crippen LogP contribution in [0.4, 0.5) is 5.69 Å². The number of hydrogen-bond acceptors (Lipinski definition) is 4. The summed E-state index contributed by atoms with van der Waals surface area (Å²) in [6, 6.07) is 13.3. The maximum absolute atomic E-state index is 10.9. The fourth-order valence-electron chi connectivity index (χ4n) is 1.77. The SMILES string of the molecule is O=C(O)c1cccc(OCC(O)CNc2ccc(Cl)cc2)c1. The highest BCUT2D eigenvalue weighted by Gasteiger charge is 2.07. The van der Waals surface area contributed by atoms with Crippen molar-refractivity contribution in [1.82, 2.24) is 0 Å². The van der Waals surface area contributed by atoms with Crippen LogP contribution in [0.5, 0.6) is 5.75 Å². The summed E-state index contributed by atoms with van der Waals surface area (Å²) in [5.41, 5.74) is 0.989. The number of carboxylic acid groups (broad SMARTS) is 1. The smallest absolute Gasteiger partial charge is 0.335 e. The Morgan fingerprint density at radius 3 is 2.64 bits per heavy atom. The van der Waals surface area contributed by atoms with Crippen LogP contribution in [-0.4, -0.2) is 35.4 Å². The van der Waals surface area contributed by atoms with Crippen LogP contribution in [0.2, 0.25) is 5.02 Å². The Labute approximate surface area is 133 Å². The third-order valence-corrected chi connectivity index (χ3v) is 3.16. The van der Waals surface area contributed by atoms with Gasteiger partial charge < -0.3 is 20.3 Å². The summed E-state index contributed by atoms with van der Waals surface area (Å²) in [7, 11) is 0. The second kappa shape index (κ2) is 7.68. The lowest BCUT2D eigenvalue weighted by Gasteiger charge is -2.14. The van der Waals surface area contributed by atoms with E-state index in [9.17, 15) is 9.90 Å². The van der Waals surface area contributed by atoms with Gasteiger partial charge in [-0.25, -0.2) is 4.79 Å². The molecule has 0 aliphatic carbocycles. The van der Waals surface area contributed by atoms with Gasteiger partial charge in [-0.05, 0) is 42.5 Å². The van der Waals surface area contributed by atoms with Gasteiger partial charge in [-0.3, -0.25) is 0 Å². The molecule has 5 nitrogen and oxygen atoms in total. The van der Waals surface area contributed by atoms with Crippen LogP contribution in [0.3, 0.4) is 0 Å². The van der Waals surface area contributed by atoms with Gasteiger partial charge in [-0.2, -0.15) is 0 Å². The molecule has 0 amide bonds. The Morgan fingerprint density at radius 1 is 1.23 bits per heavy atom. The topological polar surface area (TPSA) is 78.8 Å². The molecule has 0 saturated carbocycles. The van der Waals surface area contributed by atoms with Gasteiger partial charge in [0.2, 0.25) is 0 Å². The second-order valence-corrected chi connectivity index (χ2v) is 5.12. The molecule has 0 aliphatic rings. The van der Waals surface area contributed by atoms with E-state index >= 15 is 0 Å². The molecular weight excluding hydrogens is 306 g/mol. The van der Waals surface area contributed by atoms with Crippen LogP contribution in [-0.2, 0) is 0 Å². The van der Waals surface area contributed by atoms with E-state index in [0.717, 1.165) is 5.69 Å². The van der Waals surface area contributed by atoms with E-state index < -0.39 is 12.1 Å². The monoisotopic (exact) mass is 321 g/mol. The number of halogens is 1. The van der Waals surface area contributed by atoms with Crippen LogP contribution in [0.1, 0.15) is 10.4 Å². The molecule has 0 fully saturated rings. The fraction of sp³-hybridized carbons (Fsp3) is 0.188. The van der Waals surface area contributed by atoms with Crippen molar-refractivity contribution in [2.45, 2.75) is 6.10 Å². The van der Waals surface area contributed by atoms with E-state index in [1.165, 1.54) is 12.1 Å². The summed E-state index contributed by atoms with van der Waals surface area (Å²) in [4.78, 5) is 10.9. The summed E-state index contributed by atoms with van der Waals surface area (Å²) in [5, 5.41) is 22.5. The molecule has 1 unspecified atom stereocenters. The molecule has 0 aliphatic heterocycles. The summed E-state index contributed by atoms with van der Waals surface area (Å²) in [6.45, 7) is 0.365. The molecule has 0 spiro atoms. The standard InChI is InChI=1S/C16H16ClNO4/c17-12-4-6-13(7-5-12)18-9-14(19)10-22-15-3-1-2-11(8-15)16(20)21/h1-8,14,18-19H,9-10H2,(H,20,21). The molecule has 2 aromatic rings. The summed E-state index contributed by atoms with van der Waals surface area (Å²) in [5.74, 6) is -0.610. The van der Waals surface area contributed by atoms with E-state index in [4.69, 9.17) is 21.4 Å². The van der Waals surface area contributed by atoms with E-state index in [1.807, 2.05) is 12.1 Å². The Balaban J connectivity index is 1.80. The Morgan fingerprint density at radius 2 is 1.95 bits per heavy atom. The van der Waals surface area contributed by atoms with Crippen LogP contribution in [0.25, 0.3) is 0 Å². The molecule has 22 heavy (non-hydrogen) atoms. The molecule has 0 radical (unpaired) electrons. The molecule has 1 atom stereocenters. The predicted octanol–water partition coefficient (Wildman–Crippen LogP) is 2.89. The molecule has 0 bridgehead atoms. The van der Waals surface area contributed by atoms with E-state index in [2.05, 4.69) is 5.32 Å². The van der Waals surface area contributed by atoms with E-state index in [1.54, 1.807) is 24.3 Å². The number of aromatic carboxylic acids is 1. The normalized spacial score (nSPS) is 11.7. The van der Waals surface area contributed by atoms with Crippen molar-refractivity contribution in [3.63, 3.8) is 0 Å². The number of anilines is 1. The lowest BCUT2D eigenvalue weighted by Crippen LogP contribution is -2.26. The van der Waals surface area contributed by atoms with E-state index in [0.29, 0.717) is 17.3 Å². The maximum atomic E-state index is 10.9. The average molecular weight is 322 g/mol. The van der Waals surface area contributed by atoms with Crippen molar-refractivity contribution >= 4 is 23.3 Å². The molecule has 6 heteroatoms. The quantitative estimate of drug-likeness (QED) is 0.731. The van der Waals surface area contributed by atoms with Gasteiger partial charge in [0.25, 0.3) is 0 Å². The largest absolute Gasteiger partial charge is 0.491 e. The number of ether oxygens (including phenoxy) is 1. The third kappa shape index (κ3) is 4.95. The van der Waals surface area contributed by atoms with Crippen LogP contribution >= 0.6 is 11.6 Å². The van der Waals surface area contributed by atoms with Crippen LogP contribution in [0, 0.1) is 0 Å². The molecular formula is C16H16ClNO4. The summed E-state index contributed by atoms with van der Waals surface area (Å²) >= 11 is 5.79. The van der Waals surface area contributed by atoms with Gasteiger partial charge in [-0.1, -0.05) is 17.7 Å². The first-order valence-electron chi connectivity index (χ1n) is 6.68. The van der Waals surface area contributed by atoms with Crippen molar-refractivity contribution in [2.24, 2.45) is 0 Å². The lowest BCUT2D eigenvalue weighted by molar-refractivity contribution is 0.0696. The van der Waals surface area contributed by atoms with Crippen molar-refractivity contribution in [3.8, 4) is 5.75 Å². The molecule has 0 aromatic heterocycles. The van der Waals surface area contributed by atoms with Crippen molar-refractivity contribution < 1.29 is 19.7 Å². The third-order valence-electron chi connectivity index (χ3n) is 2.91. The molecule has 2 rings (SSSR count). The lowest BCUT2D eigenvalue weighted by atomic mass is 10.2. The number of hydrogen-bond donors (Lipinski definition) is 3. The first kappa shape index (κ1) is 16.1. The number of carbonyl (C=O) groups is 1. The van der Waals surface area contributed by atoms with Crippen LogP contribution < -0.4 is 10.1 Å². The molecule has 116 valence electrons. The maximum Gasteiger partial charge on any atom is 0.335 e. The number of aliphatic hydroxyl groups excluding tert-OH is 1. The molecule has 0 heterocycles. The van der Waals surface area contributed by atoms with Gasteiger partial charge in [0, 0.05) is 17.3 Å². The zero-order chi connectivity index (χ0) is 15.9. The van der Waals surface area contributed by atoms with Gasteiger partial charge in [-0.15, -0.1) is 0 Å². The predicted molar refractivity (Wildman–Crippen MR) is 84.8 cm³/mol. The number of benzene rings is 2. The molecule has 0 saturated heterocycles. The zero-order valence-electron chi connectivity index (χ0n) is 11.7. The highest BCUT2D eigenvalue weighted by Crippen LogP contribution is 2.15. The minimum Gasteiger partial charge on any atom is -0.491 e. The van der Waals surface area contributed by atoms with E-state index in [-0.39, 0.29) is 12.2 Å². The number of carboxylic acids is 1. The number of nitrogens with one attached hydrogen (secondary N) is 1. The minimum absolute atomic E-state index is 0.0592. The van der Waals surface area contributed by atoms with Gasteiger partial charge in [0.15, 0.2) is 0 Å². The first-order chi connectivity index (χ1) is 10.5. The average Bonchev–Trinajstić information content (AvgIpc) is 2.52. The minimum atomic E-state index is -1.02. The molecule has 3 N–H and O–H groups in total. The summed E-state index contributed by atoms with van der Waals surface area (Å²) in [6.07, 6.45) is -0.732.